The number of halogens is 2. The molecule has 2 aliphatic heterocycles. The van der Waals surface area contributed by atoms with Crippen LogP contribution in [0.15, 0.2) is 88.0 Å². The van der Waals surface area contributed by atoms with E-state index >= 15 is 4.79 Å². The number of nitrogens with zero attached hydrogens (tertiary/aromatic N) is 4. The number of phenols is 1. The molecule has 3 aliphatic rings. The quantitative estimate of drug-likeness (QED) is 0.193. The molecule has 1 aromatic heterocycles. The molecule has 4 aromatic rings. The van der Waals surface area contributed by atoms with E-state index in [1.165, 1.54) is 28.4 Å². The molecule has 0 radical (unpaired) electrons. The highest BCUT2D eigenvalue weighted by Gasteiger charge is 2.68. The summed E-state index contributed by atoms with van der Waals surface area (Å²) >= 11 is 8.35. The van der Waals surface area contributed by atoms with Crippen LogP contribution in [0.25, 0.3) is 0 Å². The molecule has 1 aliphatic carbocycles. The van der Waals surface area contributed by atoms with Crippen LogP contribution in [0.5, 0.6) is 11.5 Å². The summed E-state index contributed by atoms with van der Waals surface area (Å²) in [6, 6.07) is 18.6. The average molecular weight is 725 g/mol. The molecule has 224 valence electrons. The summed E-state index contributed by atoms with van der Waals surface area (Å²) in [7, 11) is 2.87. The summed E-state index contributed by atoms with van der Waals surface area (Å²) in [5.74, 6) is -2.37. The Morgan fingerprint density at radius 1 is 1.00 bits per heavy atom. The molecule has 7 rings (SSSR count). The third-order valence-electron chi connectivity index (χ3n) is 9.23. The molecule has 1 saturated heterocycles. The lowest BCUT2D eigenvalue weighted by atomic mass is 9.53. The van der Waals surface area contributed by atoms with Gasteiger partial charge in [-0.05, 0) is 76.0 Å². The van der Waals surface area contributed by atoms with Crippen molar-refractivity contribution in [2.45, 2.75) is 30.3 Å². The first-order valence-corrected chi connectivity index (χ1v) is 15.4. The van der Waals surface area contributed by atoms with Gasteiger partial charge in [0.05, 0.1) is 40.3 Å². The van der Waals surface area contributed by atoms with Crippen LogP contribution in [0.1, 0.15) is 29.5 Å². The Hall–Kier alpha value is -4.10. The molecule has 3 aromatic carbocycles. The van der Waals surface area contributed by atoms with Gasteiger partial charge in [0, 0.05) is 18.0 Å². The zero-order valence-corrected chi connectivity index (χ0v) is 26.5. The lowest BCUT2D eigenvalue weighted by Crippen LogP contribution is -2.53. The smallest absolute Gasteiger partial charge is 0.347 e. The van der Waals surface area contributed by atoms with Gasteiger partial charge < -0.3 is 9.84 Å². The van der Waals surface area contributed by atoms with Gasteiger partial charge in [-0.1, -0.05) is 54.1 Å². The number of imide groups is 1. The molecule has 2 amide bonds. The van der Waals surface area contributed by atoms with Gasteiger partial charge in [-0.25, -0.2) is 28.4 Å². The third kappa shape index (κ3) is 3.78. The highest BCUT2D eigenvalue weighted by atomic mass is 127. The minimum atomic E-state index is -1.44. The molecule has 2 fully saturated rings. The predicted octanol–water partition coefficient (Wildman–Crippen LogP) is 4.12. The molecule has 0 spiro atoms. The van der Waals surface area contributed by atoms with Crippen molar-refractivity contribution in [2.24, 2.45) is 13.0 Å². The Labute approximate surface area is 269 Å². The maximum atomic E-state index is 15.1. The van der Waals surface area contributed by atoms with E-state index in [9.17, 15) is 19.5 Å². The number of phenolic OH excluding ortho intramolecular Hbond substituents is 1. The molecule has 1 saturated carbocycles. The summed E-state index contributed by atoms with van der Waals surface area (Å²) in [6.07, 6.45) is 2.00. The van der Waals surface area contributed by atoms with Crippen LogP contribution in [0.2, 0.25) is 5.02 Å². The van der Waals surface area contributed by atoms with Crippen molar-refractivity contribution < 1.29 is 19.4 Å². The van der Waals surface area contributed by atoms with E-state index in [-0.39, 0.29) is 24.5 Å². The SMILES string of the molecule is COc1cc([C@H]2C3=CCn4c(=O)n(C)c(=O)n4[C@@H]3C[C@H]3C(=O)N(c4cccc(Cl)c4)C(=O)[C@@]23c2ccccc2)cc(I)c1O. The number of hydrogen-bond donors (Lipinski definition) is 1. The number of carbonyl (C=O) groups is 2. The molecular formula is C32H26ClIN4O6. The number of methoxy groups -OCH3 is 1. The van der Waals surface area contributed by atoms with Crippen LogP contribution >= 0.6 is 34.2 Å². The first-order chi connectivity index (χ1) is 21.1. The van der Waals surface area contributed by atoms with Crippen molar-refractivity contribution in [1.82, 2.24) is 13.9 Å². The minimum absolute atomic E-state index is 0.0466. The van der Waals surface area contributed by atoms with E-state index in [0.29, 0.717) is 25.4 Å². The van der Waals surface area contributed by atoms with Crippen LogP contribution < -0.4 is 21.0 Å². The molecule has 12 heteroatoms. The van der Waals surface area contributed by atoms with Crippen molar-refractivity contribution >= 4 is 51.7 Å². The number of fused-ring (bicyclic) bond motifs is 4. The van der Waals surface area contributed by atoms with Crippen LogP contribution in [-0.4, -0.2) is 38.0 Å². The zero-order chi connectivity index (χ0) is 31.1. The third-order valence-corrected chi connectivity index (χ3v) is 10.3. The molecule has 1 N–H and O–H groups in total. The molecule has 0 bridgehead atoms. The van der Waals surface area contributed by atoms with E-state index < -0.39 is 46.5 Å². The van der Waals surface area contributed by atoms with E-state index in [1.807, 2.05) is 59.0 Å². The maximum absolute atomic E-state index is 15.1. The molecule has 44 heavy (non-hydrogen) atoms. The van der Waals surface area contributed by atoms with E-state index in [1.54, 1.807) is 36.4 Å². The number of benzene rings is 3. The van der Waals surface area contributed by atoms with Gasteiger partial charge in [0.2, 0.25) is 11.8 Å². The predicted molar refractivity (Wildman–Crippen MR) is 171 cm³/mol. The first kappa shape index (κ1) is 28.7. The fraction of sp³-hybridized carbons (Fsp3) is 0.250. The van der Waals surface area contributed by atoms with Gasteiger partial charge in [0.1, 0.15) is 0 Å². The van der Waals surface area contributed by atoms with E-state index in [2.05, 4.69) is 0 Å². The van der Waals surface area contributed by atoms with E-state index in [0.717, 1.165) is 10.1 Å². The van der Waals surface area contributed by atoms with Crippen molar-refractivity contribution in [1.29, 1.82) is 0 Å². The van der Waals surface area contributed by atoms with Crippen molar-refractivity contribution in [3.05, 3.63) is 119 Å². The Morgan fingerprint density at radius 3 is 2.45 bits per heavy atom. The summed E-state index contributed by atoms with van der Waals surface area (Å²) in [4.78, 5) is 57.5. The minimum Gasteiger partial charge on any atom is -0.504 e. The lowest BCUT2D eigenvalue weighted by molar-refractivity contribution is -0.124. The number of carbonyl (C=O) groups excluding carboxylic acids is 2. The summed E-state index contributed by atoms with van der Waals surface area (Å²) in [5.41, 5.74) is -0.0511. The normalized spacial score (nSPS) is 24.0. The van der Waals surface area contributed by atoms with Crippen LogP contribution in [0.3, 0.4) is 0 Å². The second-order valence-corrected chi connectivity index (χ2v) is 12.8. The Morgan fingerprint density at radius 2 is 1.75 bits per heavy atom. The number of hydrogen-bond acceptors (Lipinski definition) is 6. The molecule has 4 atom stereocenters. The lowest BCUT2D eigenvalue weighted by Gasteiger charge is -2.49. The highest BCUT2D eigenvalue weighted by molar-refractivity contribution is 14.1. The fourth-order valence-electron chi connectivity index (χ4n) is 7.41. The number of ether oxygens (including phenoxy) is 1. The summed E-state index contributed by atoms with van der Waals surface area (Å²) in [5, 5.41) is 11.1. The second-order valence-electron chi connectivity index (χ2n) is 11.2. The first-order valence-electron chi connectivity index (χ1n) is 13.9. The largest absolute Gasteiger partial charge is 0.504 e. The van der Waals surface area contributed by atoms with Gasteiger partial charge in [0.15, 0.2) is 11.5 Å². The number of allylic oxidation sites excluding steroid dienone is 2. The van der Waals surface area contributed by atoms with Crippen molar-refractivity contribution in [2.75, 3.05) is 12.0 Å². The van der Waals surface area contributed by atoms with Crippen LogP contribution in [-0.2, 0) is 28.6 Å². The topological polar surface area (TPSA) is 116 Å². The molecule has 3 heterocycles. The maximum Gasteiger partial charge on any atom is 0.347 e. The van der Waals surface area contributed by atoms with Crippen molar-refractivity contribution in [3.63, 3.8) is 0 Å². The van der Waals surface area contributed by atoms with Gasteiger partial charge in [-0.2, -0.15) is 0 Å². The standard InChI is InChI=1S/C32H26ClIN4O6/c1-35-30(42)36-12-11-21-24(38(36)31(35)43)16-22-28(40)37(20-10-6-9-19(33)15-20)29(41)32(22,18-7-4-3-5-8-18)26(21)17-13-23(34)27(39)25(14-17)44-2/h3-11,13-15,22,24,26,39H,12,16H2,1-2H3/t22-,24+,26-,32+/m0/s1. The monoisotopic (exact) mass is 724 g/mol. The molecular weight excluding hydrogens is 699 g/mol. The number of anilines is 1. The Balaban J connectivity index is 1.58. The number of rotatable bonds is 4. The fourth-order valence-corrected chi connectivity index (χ4v) is 8.22. The van der Waals surface area contributed by atoms with Gasteiger partial charge >= 0.3 is 11.4 Å². The highest BCUT2D eigenvalue weighted by Crippen LogP contribution is 2.62. The van der Waals surface area contributed by atoms with Gasteiger partial charge in [-0.15, -0.1) is 0 Å². The second kappa shape index (κ2) is 10.2. The Bertz CT molecular complexity index is 2030. The molecule has 10 nitrogen and oxygen atoms in total. The molecule has 0 unspecified atom stereocenters. The van der Waals surface area contributed by atoms with Crippen molar-refractivity contribution in [3.8, 4) is 11.5 Å². The summed E-state index contributed by atoms with van der Waals surface area (Å²) < 4.78 is 9.87. The Kier molecular flexibility index (Phi) is 6.66. The van der Waals surface area contributed by atoms with E-state index in [4.69, 9.17) is 16.3 Å². The summed E-state index contributed by atoms with van der Waals surface area (Å²) in [6.45, 7) is 0.110. The number of aromatic hydroxyl groups is 1. The van der Waals surface area contributed by atoms with Crippen LogP contribution in [0.4, 0.5) is 5.69 Å². The average Bonchev–Trinajstić information content (AvgIpc) is 3.39. The van der Waals surface area contributed by atoms with Gasteiger partial charge in [0.25, 0.3) is 0 Å². The van der Waals surface area contributed by atoms with Gasteiger partial charge in [-0.3, -0.25) is 9.59 Å². The van der Waals surface area contributed by atoms with Crippen LogP contribution in [0, 0.1) is 9.49 Å². The number of amides is 2. The zero-order valence-electron chi connectivity index (χ0n) is 23.6. The number of aromatic nitrogens is 3.